The molecule has 0 heterocycles. The Hall–Kier alpha value is -0.590. The molecule has 0 saturated heterocycles. The molecule has 1 radical (unpaired) electrons. The fourth-order valence-corrected chi connectivity index (χ4v) is 0.356. The van der Waals surface area contributed by atoms with Gasteiger partial charge in [-0.15, -0.1) is 0 Å². The van der Waals surface area contributed by atoms with E-state index in [0.717, 1.165) is 6.61 Å². The Morgan fingerprint density at radius 1 is 1.56 bits per heavy atom. The fraction of sp³-hybridized carbons (Fsp3) is 0.667. The van der Waals surface area contributed by atoms with E-state index in [1.54, 1.807) is 0 Å². The Bertz CT molecular complexity index is 87.5. The molecule has 3 nitrogen and oxygen atoms in total. The molecule has 9 heavy (non-hydrogen) atoms. The lowest BCUT2D eigenvalue weighted by atomic mass is 10.5. The standard InChI is InChI=1S/C6H10NO2/c7-3-1-5-9-6-2-4-8/h4,8H,1-2,5-6H2. The molecular formula is C6H10NO2. The molecule has 0 bridgehead atoms. The molecule has 0 amide bonds. The minimum atomic E-state index is 0.422. The van der Waals surface area contributed by atoms with E-state index in [1.807, 2.05) is 6.07 Å². The Labute approximate surface area is 54.9 Å². The minimum absolute atomic E-state index is 0.422. The Balaban J connectivity index is 2.69. The molecule has 0 fully saturated rings. The lowest BCUT2D eigenvalue weighted by Gasteiger charge is -1.96. The number of ether oxygens (including phenoxy) is 1. The first-order valence-electron chi connectivity index (χ1n) is 2.82. The van der Waals surface area contributed by atoms with Crippen molar-refractivity contribution in [3.63, 3.8) is 0 Å². The molecule has 51 valence electrons. The van der Waals surface area contributed by atoms with Gasteiger partial charge in [0.05, 0.1) is 25.7 Å². The van der Waals surface area contributed by atoms with E-state index < -0.39 is 0 Å². The number of aliphatic hydroxyl groups excluding tert-OH is 1. The van der Waals surface area contributed by atoms with Crippen LogP contribution in [0.15, 0.2) is 0 Å². The summed E-state index contributed by atoms with van der Waals surface area (Å²) in [5.74, 6) is 0. The normalized spacial score (nSPS) is 8.89. The van der Waals surface area contributed by atoms with E-state index in [2.05, 4.69) is 0 Å². The van der Waals surface area contributed by atoms with Crippen molar-refractivity contribution in [1.82, 2.24) is 0 Å². The summed E-state index contributed by atoms with van der Waals surface area (Å²) in [6, 6.07) is 1.95. The summed E-state index contributed by atoms with van der Waals surface area (Å²) in [6.45, 7) is 2.01. The first-order valence-corrected chi connectivity index (χ1v) is 2.82. The number of rotatable bonds is 5. The number of nitriles is 1. The van der Waals surface area contributed by atoms with E-state index in [9.17, 15) is 0 Å². The number of nitrogens with zero attached hydrogens (tertiary/aromatic N) is 1. The Morgan fingerprint density at radius 3 is 2.89 bits per heavy atom. The van der Waals surface area contributed by atoms with Gasteiger partial charge < -0.3 is 9.84 Å². The third-order valence-electron chi connectivity index (χ3n) is 0.749. The van der Waals surface area contributed by atoms with Crippen LogP contribution in [0.5, 0.6) is 0 Å². The first-order chi connectivity index (χ1) is 4.41. The van der Waals surface area contributed by atoms with Gasteiger partial charge in [-0.2, -0.15) is 5.26 Å². The van der Waals surface area contributed by atoms with Crippen LogP contribution in [0.2, 0.25) is 0 Å². The summed E-state index contributed by atoms with van der Waals surface area (Å²) in [6.07, 6.45) is 0.955. The highest BCUT2D eigenvalue weighted by atomic mass is 16.5. The highest BCUT2D eigenvalue weighted by molar-refractivity contribution is 4.67. The molecular weight excluding hydrogens is 118 g/mol. The molecule has 1 N–H and O–H groups in total. The second kappa shape index (κ2) is 7.41. The van der Waals surface area contributed by atoms with Crippen LogP contribution in [0.1, 0.15) is 12.8 Å². The van der Waals surface area contributed by atoms with Crippen LogP contribution in [-0.4, -0.2) is 18.3 Å². The fourth-order valence-electron chi connectivity index (χ4n) is 0.356. The molecule has 0 aromatic heterocycles. The second-order valence-electron chi connectivity index (χ2n) is 1.49. The maximum atomic E-state index is 8.15. The van der Waals surface area contributed by atoms with Crippen LogP contribution in [-0.2, 0) is 4.74 Å². The average molecular weight is 128 g/mol. The highest BCUT2D eigenvalue weighted by Crippen LogP contribution is 1.85. The topological polar surface area (TPSA) is 53.2 Å². The monoisotopic (exact) mass is 128 g/mol. The van der Waals surface area contributed by atoms with Gasteiger partial charge >= 0.3 is 0 Å². The SMILES string of the molecule is N#CCCOCC[CH]O. The van der Waals surface area contributed by atoms with Crippen LogP contribution in [0.25, 0.3) is 0 Å². The highest BCUT2D eigenvalue weighted by Gasteiger charge is 1.85. The summed E-state index contributed by atoms with van der Waals surface area (Å²) in [5.41, 5.74) is 0. The predicted octanol–water partition coefficient (Wildman–Crippen LogP) is 0.841. The molecule has 0 aliphatic carbocycles. The van der Waals surface area contributed by atoms with Crippen LogP contribution in [0.4, 0.5) is 0 Å². The zero-order valence-electron chi connectivity index (χ0n) is 5.21. The van der Waals surface area contributed by atoms with Crippen LogP contribution in [0.3, 0.4) is 0 Å². The van der Waals surface area contributed by atoms with Crippen molar-refractivity contribution in [2.75, 3.05) is 13.2 Å². The Morgan fingerprint density at radius 2 is 2.33 bits per heavy atom. The molecule has 0 aromatic rings. The number of hydrogen-bond acceptors (Lipinski definition) is 3. The lowest BCUT2D eigenvalue weighted by Crippen LogP contribution is -1.95. The second-order valence-corrected chi connectivity index (χ2v) is 1.49. The molecule has 0 saturated carbocycles. The summed E-state index contributed by atoms with van der Waals surface area (Å²) >= 11 is 0. The molecule has 0 unspecified atom stereocenters. The average Bonchev–Trinajstić information content (AvgIpc) is 1.89. The van der Waals surface area contributed by atoms with Crippen molar-refractivity contribution in [2.45, 2.75) is 12.8 Å². The van der Waals surface area contributed by atoms with Crippen molar-refractivity contribution in [3.05, 3.63) is 6.61 Å². The Kier molecular flexibility index (Phi) is 6.92. The quantitative estimate of drug-likeness (QED) is 0.558. The van der Waals surface area contributed by atoms with Crippen LogP contribution >= 0.6 is 0 Å². The minimum Gasteiger partial charge on any atom is -0.390 e. The van der Waals surface area contributed by atoms with Gasteiger partial charge in [0.15, 0.2) is 0 Å². The largest absolute Gasteiger partial charge is 0.390 e. The van der Waals surface area contributed by atoms with Gasteiger partial charge in [-0.05, 0) is 6.42 Å². The van der Waals surface area contributed by atoms with E-state index in [4.69, 9.17) is 15.1 Å². The van der Waals surface area contributed by atoms with Crippen molar-refractivity contribution >= 4 is 0 Å². The van der Waals surface area contributed by atoms with Gasteiger partial charge in [0.2, 0.25) is 0 Å². The van der Waals surface area contributed by atoms with Gasteiger partial charge in [0, 0.05) is 6.61 Å². The third-order valence-corrected chi connectivity index (χ3v) is 0.749. The smallest absolute Gasteiger partial charge is 0.0821 e. The third kappa shape index (κ3) is 7.41. The van der Waals surface area contributed by atoms with Gasteiger partial charge in [-0.25, -0.2) is 0 Å². The zero-order valence-corrected chi connectivity index (χ0v) is 5.21. The van der Waals surface area contributed by atoms with Gasteiger partial charge in [0.1, 0.15) is 0 Å². The predicted molar refractivity (Wildman–Crippen MR) is 31.9 cm³/mol. The van der Waals surface area contributed by atoms with Crippen LogP contribution in [0, 0.1) is 17.9 Å². The van der Waals surface area contributed by atoms with Crippen molar-refractivity contribution < 1.29 is 9.84 Å². The molecule has 0 spiro atoms. The molecule has 0 aromatic carbocycles. The molecule has 0 atom stereocenters. The molecule has 0 aliphatic heterocycles. The van der Waals surface area contributed by atoms with E-state index in [-0.39, 0.29) is 0 Å². The lowest BCUT2D eigenvalue weighted by molar-refractivity contribution is 0.133. The van der Waals surface area contributed by atoms with E-state index in [0.29, 0.717) is 26.1 Å². The van der Waals surface area contributed by atoms with Crippen LogP contribution < -0.4 is 0 Å². The zero-order chi connectivity index (χ0) is 6.95. The molecule has 0 aliphatic rings. The number of aliphatic hydroxyl groups is 1. The summed E-state index contributed by atoms with van der Waals surface area (Å²) in [4.78, 5) is 0. The van der Waals surface area contributed by atoms with Crippen molar-refractivity contribution in [1.29, 1.82) is 5.26 Å². The van der Waals surface area contributed by atoms with Gasteiger partial charge in [0.25, 0.3) is 0 Å². The van der Waals surface area contributed by atoms with E-state index >= 15 is 0 Å². The molecule has 3 heteroatoms. The van der Waals surface area contributed by atoms with Crippen molar-refractivity contribution in [2.24, 2.45) is 0 Å². The van der Waals surface area contributed by atoms with Gasteiger partial charge in [-0.1, -0.05) is 0 Å². The van der Waals surface area contributed by atoms with Crippen molar-refractivity contribution in [3.8, 4) is 6.07 Å². The maximum Gasteiger partial charge on any atom is 0.0821 e. The molecule has 0 rings (SSSR count). The summed E-state index contributed by atoms with van der Waals surface area (Å²) in [5, 5.41) is 16.2. The number of hydrogen-bond donors (Lipinski definition) is 1. The van der Waals surface area contributed by atoms with Gasteiger partial charge in [-0.3, -0.25) is 0 Å². The summed E-state index contributed by atoms with van der Waals surface area (Å²) in [7, 11) is 0. The maximum absolute atomic E-state index is 8.15. The first kappa shape index (κ1) is 8.41. The summed E-state index contributed by atoms with van der Waals surface area (Å²) < 4.78 is 4.90. The van der Waals surface area contributed by atoms with E-state index in [1.165, 1.54) is 0 Å².